The first-order valence-electron chi connectivity index (χ1n) is 30.0. The first kappa shape index (κ1) is 70.7. The predicted octanol–water partition coefficient (Wildman–Crippen LogP) is 20.9. The molecule has 0 heterocycles. The molecule has 5 nitrogen and oxygen atoms in total. The molecule has 76 heavy (non-hydrogen) atoms. The molecule has 0 bridgehead atoms. The molecule has 422 valence electrons. The van der Waals surface area contributed by atoms with Gasteiger partial charge in [-0.1, -0.05) is 260 Å². The fourth-order valence-electron chi connectivity index (χ4n) is 7.47. The van der Waals surface area contributed by atoms with Crippen LogP contribution in [-0.2, 0) is 19.1 Å². The maximum absolute atomic E-state index is 12.3. The number of aliphatic hydroxyl groups excluding tert-OH is 1. The first-order chi connectivity index (χ1) is 37.6. The van der Waals surface area contributed by atoms with Gasteiger partial charge in [-0.25, -0.2) is 0 Å². The number of ether oxygens (including phenoxy) is 2. The van der Waals surface area contributed by atoms with Gasteiger partial charge in [0, 0.05) is 12.8 Å². The van der Waals surface area contributed by atoms with E-state index in [0.717, 1.165) is 167 Å². The molecule has 0 aliphatic rings. The summed E-state index contributed by atoms with van der Waals surface area (Å²) in [6.45, 7) is 3.87. The van der Waals surface area contributed by atoms with Crippen molar-refractivity contribution in [2.75, 3.05) is 13.2 Å². The van der Waals surface area contributed by atoms with Crippen LogP contribution < -0.4 is 0 Å². The van der Waals surface area contributed by atoms with Crippen LogP contribution in [0.5, 0.6) is 0 Å². The average molecular weight is 1040 g/mol. The summed E-state index contributed by atoms with van der Waals surface area (Å²) in [4.78, 5) is 24.6. The van der Waals surface area contributed by atoms with Crippen LogP contribution in [0.15, 0.2) is 194 Å². The fourth-order valence-corrected chi connectivity index (χ4v) is 7.47. The molecule has 0 aromatic carbocycles. The highest BCUT2D eigenvalue weighted by Gasteiger charge is 2.16. The van der Waals surface area contributed by atoms with Crippen LogP contribution in [-0.4, -0.2) is 36.4 Å². The van der Waals surface area contributed by atoms with Crippen molar-refractivity contribution in [1.29, 1.82) is 0 Å². The number of carbonyl (C=O) groups is 2. The van der Waals surface area contributed by atoms with Gasteiger partial charge in [0.05, 0.1) is 6.61 Å². The number of carbonyl (C=O) groups excluding carboxylic acids is 2. The minimum absolute atomic E-state index is 0.0943. The second kappa shape index (κ2) is 64.0. The summed E-state index contributed by atoms with van der Waals surface area (Å²) in [6, 6.07) is 0. The van der Waals surface area contributed by atoms with Gasteiger partial charge >= 0.3 is 11.9 Å². The summed E-state index contributed by atoms with van der Waals surface area (Å²) < 4.78 is 10.7. The van der Waals surface area contributed by atoms with Gasteiger partial charge in [0.15, 0.2) is 6.10 Å². The molecule has 0 rings (SSSR count). The average Bonchev–Trinajstić information content (AvgIpc) is 3.42. The van der Waals surface area contributed by atoms with Crippen LogP contribution in [0.25, 0.3) is 0 Å². The highest BCUT2D eigenvalue weighted by Crippen LogP contribution is 2.13. The van der Waals surface area contributed by atoms with Gasteiger partial charge in [-0.05, 0) is 141 Å². The van der Waals surface area contributed by atoms with Crippen LogP contribution in [0.1, 0.15) is 219 Å². The smallest absolute Gasteiger partial charge is 0.306 e. The number of rotatable bonds is 52. The van der Waals surface area contributed by atoms with Gasteiger partial charge in [0.25, 0.3) is 0 Å². The molecular weight excluding hydrogens is 933 g/mol. The van der Waals surface area contributed by atoms with E-state index in [1.165, 1.54) is 25.7 Å². The molecule has 0 saturated heterocycles. The molecule has 0 aromatic heterocycles. The quantitative estimate of drug-likeness (QED) is 0.0373. The van der Waals surface area contributed by atoms with E-state index in [1.54, 1.807) is 0 Å². The first-order valence-corrected chi connectivity index (χ1v) is 30.0. The summed E-state index contributed by atoms with van der Waals surface area (Å²) in [5, 5.41) is 9.67. The van der Waals surface area contributed by atoms with Crippen LogP contribution >= 0.6 is 0 Å². The molecule has 0 radical (unpaired) electrons. The molecule has 0 aliphatic heterocycles. The van der Waals surface area contributed by atoms with E-state index < -0.39 is 6.10 Å². The lowest BCUT2D eigenvalue weighted by Gasteiger charge is -2.15. The Balaban J connectivity index is 3.67. The van der Waals surface area contributed by atoms with Gasteiger partial charge in [-0.15, -0.1) is 0 Å². The normalized spacial score (nSPS) is 13.7. The summed E-state index contributed by atoms with van der Waals surface area (Å²) in [5.74, 6) is -0.642. The van der Waals surface area contributed by atoms with E-state index in [9.17, 15) is 14.7 Å². The zero-order valence-corrected chi connectivity index (χ0v) is 48.2. The monoisotopic (exact) mass is 1040 g/mol. The van der Waals surface area contributed by atoms with Gasteiger partial charge < -0.3 is 14.6 Å². The molecular formula is C71H108O5. The molecule has 0 aliphatic carbocycles. The zero-order chi connectivity index (χ0) is 54.8. The van der Waals surface area contributed by atoms with E-state index in [2.05, 4.69) is 208 Å². The second-order valence-electron chi connectivity index (χ2n) is 19.0. The molecule has 0 aromatic rings. The van der Waals surface area contributed by atoms with Crippen molar-refractivity contribution in [2.45, 2.75) is 225 Å². The van der Waals surface area contributed by atoms with E-state index in [4.69, 9.17) is 9.47 Å². The number of aliphatic hydroxyl groups is 1. The Morgan fingerprint density at radius 3 is 0.789 bits per heavy atom. The highest BCUT2D eigenvalue weighted by atomic mass is 16.6. The lowest BCUT2D eigenvalue weighted by Crippen LogP contribution is -2.28. The van der Waals surface area contributed by atoms with Crippen LogP contribution in [0.3, 0.4) is 0 Å². The van der Waals surface area contributed by atoms with E-state index in [1.807, 2.05) is 0 Å². The molecule has 5 heteroatoms. The van der Waals surface area contributed by atoms with Crippen molar-refractivity contribution < 1.29 is 24.2 Å². The molecule has 0 amide bonds. The van der Waals surface area contributed by atoms with Crippen LogP contribution in [0.2, 0.25) is 0 Å². The third kappa shape index (κ3) is 61.3. The van der Waals surface area contributed by atoms with Crippen LogP contribution in [0, 0.1) is 0 Å². The largest absolute Gasteiger partial charge is 0.462 e. The molecule has 0 fully saturated rings. The van der Waals surface area contributed by atoms with Gasteiger partial charge in [0.2, 0.25) is 0 Å². The minimum Gasteiger partial charge on any atom is -0.462 e. The Bertz CT molecular complexity index is 1800. The summed E-state index contributed by atoms with van der Waals surface area (Å²) in [6.07, 6.45) is 103. The Morgan fingerprint density at radius 2 is 0.526 bits per heavy atom. The van der Waals surface area contributed by atoms with Gasteiger partial charge in [-0.3, -0.25) is 9.59 Å². The van der Waals surface area contributed by atoms with Crippen molar-refractivity contribution in [3.63, 3.8) is 0 Å². The number of allylic oxidation sites excluding steroid dienone is 32. The van der Waals surface area contributed by atoms with Crippen molar-refractivity contribution in [3.8, 4) is 0 Å². The summed E-state index contributed by atoms with van der Waals surface area (Å²) in [5.41, 5.74) is 0. The van der Waals surface area contributed by atoms with E-state index >= 15 is 0 Å². The summed E-state index contributed by atoms with van der Waals surface area (Å²) in [7, 11) is 0. The lowest BCUT2D eigenvalue weighted by molar-refractivity contribution is -0.161. The molecule has 1 unspecified atom stereocenters. The van der Waals surface area contributed by atoms with Crippen molar-refractivity contribution >= 4 is 11.9 Å². The minimum atomic E-state index is -0.805. The number of unbranched alkanes of at least 4 members (excludes halogenated alkanes) is 12. The van der Waals surface area contributed by atoms with E-state index in [-0.39, 0.29) is 25.2 Å². The molecule has 1 atom stereocenters. The summed E-state index contributed by atoms with van der Waals surface area (Å²) >= 11 is 0. The number of esters is 2. The number of hydrogen-bond donors (Lipinski definition) is 1. The third-order valence-corrected chi connectivity index (χ3v) is 11.9. The second-order valence-corrected chi connectivity index (χ2v) is 19.0. The molecule has 0 saturated carbocycles. The number of hydrogen-bond acceptors (Lipinski definition) is 5. The Labute approximate surface area is 467 Å². The SMILES string of the molecule is CC/C=C\C/C=C\C/C=C\C/C=C\C/C=C\C/C=C\C/C=C\C/C=C\C/C=C\CCCCCCCC(=O)OC(CO)COC(=O)CCCCCCCCC/C=C\C/C=C\C/C=C\C/C=C\C/C=C\C/C=C\C/C=C\CC. The topological polar surface area (TPSA) is 72.8 Å². The predicted molar refractivity (Wildman–Crippen MR) is 333 cm³/mol. The van der Waals surface area contributed by atoms with Gasteiger partial charge in [-0.2, -0.15) is 0 Å². The maximum Gasteiger partial charge on any atom is 0.306 e. The van der Waals surface area contributed by atoms with Crippen molar-refractivity contribution in [1.82, 2.24) is 0 Å². The Morgan fingerprint density at radius 1 is 0.303 bits per heavy atom. The Kier molecular flexibility index (Phi) is 59.6. The highest BCUT2D eigenvalue weighted by molar-refractivity contribution is 5.70. The van der Waals surface area contributed by atoms with Crippen LogP contribution in [0.4, 0.5) is 0 Å². The third-order valence-electron chi connectivity index (χ3n) is 11.9. The van der Waals surface area contributed by atoms with E-state index in [0.29, 0.717) is 12.8 Å². The molecule has 0 spiro atoms. The van der Waals surface area contributed by atoms with Crippen molar-refractivity contribution in [2.24, 2.45) is 0 Å². The zero-order valence-electron chi connectivity index (χ0n) is 48.2. The lowest BCUT2D eigenvalue weighted by atomic mass is 10.1. The van der Waals surface area contributed by atoms with Gasteiger partial charge in [0.1, 0.15) is 6.61 Å². The molecule has 1 N–H and O–H groups in total. The van der Waals surface area contributed by atoms with Crippen molar-refractivity contribution in [3.05, 3.63) is 194 Å². The fraction of sp³-hybridized carbons (Fsp3) is 0.521. The Hall–Kier alpha value is -5.26. The standard InChI is InChI=1S/C71H108O5/c1-3-5-7-9-11-13-15-17-19-21-23-25-27-29-31-33-34-35-36-38-40-42-44-46-48-50-52-54-56-58-60-62-64-66-71(74)76-69(67-72)68-75-70(73)65-63-61-59-57-55-53-51-49-47-45-43-41-39-37-32-30-28-26-24-22-20-18-16-14-12-10-8-6-4-2/h5-8,11-14,17-20,23-26,29-32,34-35,38-41,44-47,50,52,69,72H,3-4,9-10,15-16,21-22,27-28,33,36-37,42-43,48-49,51,53-68H2,1-2H3/b7-5-,8-6-,13-11-,14-12-,19-17-,20-18-,25-23-,26-24-,31-29-,32-30-,35-34-,40-38-,41-39-,46-44-,47-45-,52-50-. The maximum atomic E-state index is 12.3.